The second kappa shape index (κ2) is 8.73. The third kappa shape index (κ3) is 4.74. The first-order valence-corrected chi connectivity index (χ1v) is 8.88. The maximum Gasteiger partial charge on any atom is 0.316 e. The number of carbonyl (C=O) groups is 1. The van der Waals surface area contributed by atoms with Crippen LogP contribution in [0.1, 0.15) is 38.1 Å². The molecule has 2 aromatic rings. The minimum atomic E-state index is -0.284. The van der Waals surface area contributed by atoms with Crippen molar-refractivity contribution in [1.29, 1.82) is 0 Å². The Morgan fingerprint density at radius 1 is 1.25 bits per heavy atom. The topological polar surface area (TPSA) is 66.2 Å². The van der Waals surface area contributed by atoms with E-state index in [4.69, 9.17) is 4.74 Å². The Bertz CT molecular complexity index is 668. The quantitative estimate of drug-likeness (QED) is 0.538. The fraction of sp³-hybridized carbons (Fsp3) is 0.471. The molecule has 0 radical (unpaired) electrons. The molecule has 6 nitrogen and oxygen atoms in total. The molecule has 130 valence electrons. The van der Waals surface area contributed by atoms with E-state index in [9.17, 15) is 4.79 Å². The molecule has 0 spiro atoms. The number of aromatic nitrogens is 3. The normalized spacial score (nSPS) is 10.9. The summed E-state index contributed by atoms with van der Waals surface area (Å²) in [6, 6.07) is 8.08. The molecule has 0 saturated heterocycles. The molecule has 0 atom stereocenters. The Morgan fingerprint density at radius 2 is 1.96 bits per heavy atom. The van der Waals surface area contributed by atoms with Gasteiger partial charge in [0.15, 0.2) is 11.0 Å². The molecule has 0 N–H and O–H groups in total. The van der Waals surface area contributed by atoms with Crippen LogP contribution in [-0.4, -0.2) is 33.6 Å². The highest BCUT2D eigenvalue weighted by atomic mass is 32.2. The smallest absolute Gasteiger partial charge is 0.316 e. The van der Waals surface area contributed by atoms with Gasteiger partial charge in [0.05, 0.1) is 12.9 Å². The van der Waals surface area contributed by atoms with Gasteiger partial charge in [0.1, 0.15) is 12.4 Å². The Hall–Kier alpha value is -2.02. The lowest BCUT2D eigenvalue weighted by Crippen LogP contribution is -2.08. The number of hydrogen-bond acceptors (Lipinski definition) is 6. The summed E-state index contributed by atoms with van der Waals surface area (Å²) in [7, 11) is 1.37. The summed E-state index contributed by atoms with van der Waals surface area (Å²) in [5, 5.41) is 8.99. The molecule has 0 fully saturated rings. The zero-order valence-electron chi connectivity index (χ0n) is 14.5. The van der Waals surface area contributed by atoms with Crippen LogP contribution in [0.5, 0.6) is 5.75 Å². The number of benzene rings is 1. The lowest BCUT2D eigenvalue weighted by atomic mass is 10.0. The molecule has 0 aliphatic carbocycles. The van der Waals surface area contributed by atoms with Crippen molar-refractivity contribution in [2.45, 2.75) is 45.0 Å². The lowest BCUT2D eigenvalue weighted by Gasteiger charge is -2.10. The Balaban J connectivity index is 1.99. The van der Waals surface area contributed by atoms with Gasteiger partial charge >= 0.3 is 5.97 Å². The third-order valence-electron chi connectivity index (χ3n) is 3.57. The van der Waals surface area contributed by atoms with Crippen molar-refractivity contribution in [1.82, 2.24) is 14.8 Å². The van der Waals surface area contributed by atoms with Crippen LogP contribution in [0.4, 0.5) is 0 Å². The molecular weight excluding hydrogens is 326 g/mol. The van der Waals surface area contributed by atoms with E-state index in [-0.39, 0.29) is 11.7 Å². The van der Waals surface area contributed by atoms with E-state index in [1.165, 1.54) is 24.4 Å². The summed E-state index contributed by atoms with van der Waals surface area (Å²) < 4.78 is 12.4. The predicted octanol–water partition coefficient (Wildman–Crippen LogP) is 3.27. The average Bonchev–Trinajstić information content (AvgIpc) is 2.99. The molecule has 0 amide bonds. The minimum Gasteiger partial charge on any atom is -0.486 e. The predicted molar refractivity (Wildman–Crippen MR) is 93.3 cm³/mol. The number of thioether (sulfide) groups is 1. The van der Waals surface area contributed by atoms with Gasteiger partial charge in [0.25, 0.3) is 0 Å². The molecule has 1 aromatic carbocycles. The van der Waals surface area contributed by atoms with Crippen LogP contribution in [-0.2, 0) is 22.7 Å². The molecule has 0 bridgehead atoms. The molecular formula is C17H23N3O3S. The van der Waals surface area contributed by atoms with Gasteiger partial charge in [-0.2, -0.15) is 0 Å². The van der Waals surface area contributed by atoms with E-state index in [1.54, 1.807) is 0 Å². The lowest BCUT2D eigenvalue weighted by molar-refractivity contribution is -0.137. The van der Waals surface area contributed by atoms with E-state index in [2.05, 4.69) is 40.9 Å². The molecule has 24 heavy (non-hydrogen) atoms. The average molecular weight is 349 g/mol. The van der Waals surface area contributed by atoms with E-state index in [1.807, 2.05) is 23.6 Å². The molecule has 7 heteroatoms. The molecule has 0 aliphatic heterocycles. The van der Waals surface area contributed by atoms with E-state index in [0.29, 0.717) is 24.2 Å². The van der Waals surface area contributed by atoms with Crippen LogP contribution >= 0.6 is 11.8 Å². The minimum absolute atomic E-state index is 0.214. The number of esters is 1. The highest BCUT2D eigenvalue weighted by molar-refractivity contribution is 7.99. The van der Waals surface area contributed by atoms with Crippen molar-refractivity contribution in [3.05, 3.63) is 35.7 Å². The summed E-state index contributed by atoms with van der Waals surface area (Å²) in [5.74, 6) is 1.96. The fourth-order valence-electron chi connectivity index (χ4n) is 2.13. The summed E-state index contributed by atoms with van der Waals surface area (Å²) in [6.45, 7) is 7.37. The van der Waals surface area contributed by atoms with Crippen LogP contribution in [0.25, 0.3) is 0 Å². The standard InChI is InChI=1S/C17H23N3O3S/c1-5-20-15(18-19-17(20)24-11-16(21)22-4)10-23-14-8-6-13(7-9-14)12(2)3/h6-9,12H,5,10-11H2,1-4H3. The molecule has 0 unspecified atom stereocenters. The molecule has 1 heterocycles. The van der Waals surface area contributed by atoms with Gasteiger partial charge in [-0.1, -0.05) is 37.7 Å². The molecule has 0 aliphatic rings. The summed E-state index contributed by atoms with van der Waals surface area (Å²) in [4.78, 5) is 11.3. The van der Waals surface area contributed by atoms with Crippen molar-refractivity contribution < 1.29 is 14.3 Å². The van der Waals surface area contributed by atoms with Gasteiger partial charge in [-0.05, 0) is 30.5 Å². The second-order valence-corrected chi connectivity index (χ2v) is 6.46. The Kier molecular flexibility index (Phi) is 6.66. The van der Waals surface area contributed by atoms with Gasteiger partial charge in [0.2, 0.25) is 0 Å². The van der Waals surface area contributed by atoms with Gasteiger partial charge in [-0.25, -0.2) is 0 Å². The van der Waals surface area contributed by atoms with Gasteiger partial charge in [0, 0.05) is 6.54 Å². The number of rotatable bonds is 8. The maximum atomic E-state index is 11.3. The number of nitrogens with zero attached hydrogens (tertiary/aromatic N) is 3. The van der Waals surface area contributed by atoms with Gasteiger partial charge < -0.3 is 14.0 Å². The van der Waals surface area contributed by atoms with Crippen LogP contribution in [0.15, 0.2) is 29.4 Å². The van der Waals surface area contributed by atoms with Crippen molar-refractivity contribution in [3.8, 4) is 5.75 Å². The molecule has 1 aromatic heterocycles. The van der Waals surface area contributed by atoms with Crippen molar-refractivity contribution in [2.24, 2.45) is 0 Å². The number of hydrogen-bond donors (Lipinski definition) is 0. The zero-order chi connectivity index (χ0) is 17.5. The highest BCUT2D eigenvalue weighted by Crippen LogP contribution is 2.21. The SMILES string of the molecule is CCn1c(COc2ccc(C(C)C)cc2)nnc1SCC(=O)OC. The fourth-order valence-corrected chi connectivity index (χ4v) is 2.98. The van der Waals surface area contributed by atoms with Crippen LogP contribution in [0, 0.1) is 0 Å². The number of carbonyl (C=O) groups excluding carboxylic acids is 1. The van der Waals surface area contributed by atoms with Crippen molar-refractivity contribution in [2.75, 3.05) is 12.9 Å². The maximum absolute atomic E-state index is 11.3. The van der Waals surface area contributed by atoms with E-state index in [0.717, 1.165) is 11.6 Å². The first-order chi connectivity index (χ1) is 11.5. The van der Waals surface area contributed by atoms with Crippen LogP contribution in [0.2, 0.25) is 0 Å². The number of methoxy groups -OCH3 is 1. The molecule has 0 saturated carbocycles. The second-order valence-electron chi connectivity index (χ2n) is 5.52. The first-order valence-electron chi connectivity index (χ1n) is 7.89. The Morgan fingerprint density at radius 3 is 2.54 bits per heavy atom. The molecule has 2 rings (SSSR count). The van der Waals surface area contributed by atoms with E-state index >= 15 is 0 Å². The monoisotopic (exact) mass is 349 g/mol. The summed E-state index contributed by atoms with van der Waals surface area (Å²) in [6.07, 6.45) is 0. The summed E-state index contributed by atoms with van der Waals surface area (Å²) in [5.41, 5.74) is 1.28. The van der Waals surface area contributed by atoms with Gasteiger partial charge in [-0.15, -0.1) is 10.2 Å². The van der Waals surface area contributed by atoms with Crippen molar-refractivity contribution in [3.63, 3.8) is 0 Å². The third-order valence-corrected chi connectivity index (χ3v) is 4.51. The largest absolute Gasteiger partial charge is 0.486 e. The summed E-state index contributed by atoms with van der Waals surface area (Å²) >= 11 is 1.31. The van der Waals surface area contributed by atoms with Crippen molar-refractivity contribution >= 4 is 17.7 Å². The van der Waals surface area contributed by atoms with E-state index < -0.39 is 0 Å². The van der Waals surface area contributed by atoms with Crippen LogP contribution < -0.4 is 4.74 Å². The van der Waals surface area contributed by atoms with Gasteiger partial charge in [-0.3, -0.25) is 4.79 Å². The highest BCUT2D eigenvalue weighted by Gasteiger charge is 2.13. The van der Waals surface area contributed by atoms with Crippen LogP contribution in [0.3, 0.4) is 0 Å². The zero-order valence-corrected chi connectivity index (χ0v) is 15.3. The Labute approximate surface area is 146 Å². The number of ether oxygens (including phenoxy) is 2. The first kappa shape index (κ1) is 18.3.